The minimum Gasteiger partial charge on any atom is -0.342 e. The fraction of sp³-hybridized carbons (Fsp3) is 0.0833. The van der Waals surface area contributed by atoms with Crippen LogP contribution in [0.3, 0.4) is 0 Å². The molecule has 18 heavy (non-hydrogen) atoms. The summed E-state index contributed by atoms with van der Waals surface area (Å²) in [6, 6.07) is 9.57. The summed E-state index contributed by atoms with van der Waals surface area (Å²) in [7, 11) is 0. The van der Waals surface area contributed by atoms with Gasteiger partial charge < -0.3 is 9.51 Å². The van der Waals surface area contributed by atoms with E-state index in [1.165, 1.54) is 0 Å². The Hall–Kier alpha value is -2.14. The van der Waals surface area contributed by atoms with Crippen LogP contribution in [0.2, 0.25) is 0 Å². The second-order valence-corrected chi connectivity index (χ2v) is 4.10. The zero-order valence-corrected chi connectivity index (χ0v) is 10.0. The van der Waals surface area contributed by atoms with Crippen molar-refractivity contribution < 1.29 is 4.52 Å². The molecule has 0 bridgehead atoms. The molecule has 3 rings (SSSR count). The highest BCUT2D eigenvalue weighted by Crippen LogP contribution is 2.28. The molecule has 0 saturated heterocycles. The van der Waals surface area contributed by atoms with E-state index in [4.69, 9.17) is 16.1 Å². The van der Waals surface area contributed by atoms with Gasteiger partial charge in [-0.3, -0.25) is 0 Å². The van der Waals surface area contributed by atoms with Crippen molar-refractivity contribution in [3.05, 3.63) is 54.2 Å². The zero-order chi connectivity index (χ0) is 12.4. The van der Waals surface area contributed by atoms with Crippen molar-refractivity contribution in [2.24, 2.45) is 0 Å². The van der Waals surface area contributed by atoms with E-state index in [0.29, 0.717) is 17.5 Å². The highest BCUT2D eigenvalue weighted by molar-refractivity contribution is 6.22. The fourth-order valence-electron chi connectivity index (χ4n) is 1.59. The molecule has 0 aliphatic rings. The maximum absolute atomic E-state index is 6.28. The van der Waals surface area contributed by atoms with Gasteiger partial charge in [0.2, 0.25) is 11.7 Å². The largest absolute Gasteiger partial charge is 0.342 e. The molecule has 90 valence electrons. The van der Waals surface area contributed by atoms with Gasteiger partial charge in [-0.25, -0.2) is 4.98 Å². The van der Waals surface area contributed by atoms with Gasteiger partial charge in [-0.15, -0.1) is 11.6 Å². The minimum atomic E-state index is -0.456. The van der Waals surface area contributed by atoms with Gasteiger partial charge in [0.25, 0.3) is 0 Å². The molecule has 0 aliphatic heterocycles. The number of hydrogen-bond acceptors (Lipinski definition) is 4. The molecule has 0 radical (unpaired) electrons. The summed E-state index contributed by atoms with van der Waals surface area (Å²) in [6.07, 6.45) is 3.32. The molecular weight excluding hydrogens is 252 g/mol. The Morgan fingerprint density at radius 3 is 2.78 bits per heavy atom. The molecule has 1 aromatic carbocycles. The normalized spacial score (nSPS) is 12.5. The molecule has 0 saturated carbocycles. The molecule has 5 nitrogen and oxygen atoms in total. The molecule has 0 aliphatic carbocycles. The van der Waals surface area contributed by atoms with Crippen LogP contribution in [0.1, 0.15) is 16.8 Å². The zero-order valence-electron chi connectivity index (χ0n) is 9.25. The third-order valence-electron chi connectivity index (χ3n) is 2.46. The fourth-order valence-corrected chi connectivity index (χ4v) is 1.82. The second kappa shape index (κ2) is 4.62. The summed E-state index contributed by atoms with van der Waals surface area (Å²) in [5, 5.41) is 3.38. The molecule has 2 aromatic heterocycles. The highest BCUT2D eigenvalue weighted by atomic mass is 35.5. The standard InChI is InChI=1S/C12H9ClN4O/c13-9(8-4-2-1-3-5-8)12-16-11(17-18-12)10-14-6-7-15-10/h1-7,9H,(H,14,15). The van der Waals surface area contributed by atoms with Crippen molar-refractivity contribution in [1.82, 2.24) is 20.1 Å². The number of nitrogens with one attached hydrogen (secondary N) is 1. The van der Waals surface area contributed by atoms with Crippen molar-refractivity contribution in [1.29, 1.82) is 0 Å². The summed E-state index contributed by atoms with van der Waals surface area (Å²) < 4.78 is 5.15. The van der Waals surface area contributed by atoms with E-state index in [2.05, 4.69) is 20.1 Å². The van der Waals surface area contributed by atoms with Gasteiger partial charge in [0.1, 0.15) is 5.38 Å². The van der Waals surface area contributed by atoms with Gasteiger partial charge in [-0.05, 0) is 5.56 Å². The molecular formula is C12H9ClN4O. The van der Waals surface area contributed by atoms with Crippen LogP contribution in [-0.4, -0.2) is 20.1 Å². The predicted octanol–water partition coefficient (Wildman–Crippen LogP) is 2.79. The minimum absolute atomic E-state index is 0.356. The topological polar surface area (TPSA) is 67.6 Å². The maximum atomic E-state index is 6.28. The Labute approximate surface area is 108 Å². The van der Waals surface area contributed by atoms with Crippen LogP contribution in [0, 0.1) is 0 Å². The van der Waals surface area contributed by atoms with E-state index in [0.717, 1.165) is 5.56 Å². The van der Waals surface area contributed by atoms with E-state index in [9.17, 15) is 0 Å². The first-order chi connectivity index (χ1) is 8.84. The van der Waals surface area contributed by atoms with Crippen LogP contribution in [0.15, 0.2) is 47.2 Å². The molecule has 2 heterocycles. The molecule has 0 spiro atoms. The average molecular weight is 261 g/mol. The summed E-state index contributed by atoms with van der Waals surface area (Å²) in [4.78, 5) is 11.2. The van der Waals surface area contributed by atoms with Crippen LogP contribution in [0.4, 0.5) is 0 Å². The van der Waals surface area contributed by atoms with E-state index in [1.807, 2.05) is 30.3 Å². The Morgan fingerprint density at radius 1 is 1.22 bits per heavy atom. The molecule has 1 atom stereocenters. The van der Waals surface area contributed by atoms with Gasteiger partial charge in [-0.2, -0.15) is 4.98 Å². The number of aromatic amines is 1. The predicted molar refractivity (Wildman–Crippen MR) is 66.0 cm³/mol. The first kappa shape index (κ1) is 11.0. The molecule has 0 fully saturated rings. The smallest absolute Gasteiger partial charge is 0.249 e. The van der Waals surface area contributed by atoms with Crippen molar-refractivity contribution >= 4 is 11.6 Å². The van der Waals surface area contributed by atoms with E-state index in [-0.39, 0.29) is 0 Å². The highest BCUT2D eigenvalue weighted by Gasteiger charge is 2.19. The summed E-state index contributed by atoms with van der Waals surface area (Å²) >= 11 is 6.28. The summed E-state index contributed by atoms with van der Waals surface area (Å²) in [6.45, 7) is 0. The van der Waals surface area contributed by atoms with Crippen LogP contribution in [0.5, 0.6) is 0 Å². The summed E-state index contributed by atoms with van der Waals surface area (Å²) in [5.41, 5.74) is 0.911. The lowest BCUT2D eigenvalue weighted by atomic mass is 10.1. The maximum Gasteiger partial charge on any atom is 0.249 e. The van der Waals surface area contributed by atoms with Gasteiger partial charge in [0.05, 0.1) is 0 Å². The number of hydrogen-bond donors (Lipinski definition) is 1. The Kier molecular flexibility index (Phi) is 2.82. The SMILES string of the molecule is ClC(c1ccccc1)c1nc(-c2ncc[nH]2)no1. The lowest BCUT2D eigenvalue weighted by Crippen LogP contribution is -1.93. The van der Waals surface area contributed by atoms with Crippen molar-refractivity contribution in [2.75, 3.05) is 0 Å². The number of nitrogens with zero attached hydrogens (tertiary/aromatic N) is 3. The molecule has 3 aromatic rings. The van der Waals surface area contributed by atoms with Gasteiger partial charge in [-0.1, -0.05) is 35.5 Å². The van der Waals surface area contributed by atoms with Crippen LogP contribution >= 0.6 is 11.6 Å². The number of alkyl halides is 1. The van der Waals surface area contributed by atoms with Crippen LogP contribution in [-0.2, 0) is 0 Å². The number of benzene rings is 1. The van der Waals surface area contributed by atoms with Crippen molar-refractivity contribution in [3.63, 3.8) is 0 Å². The Balaban J connectivity index is 1.90. The van der Waals surface area contributed by atoms with Crippen LogP contribution < -0.4 is 0 Å². The third kappa shape index (κ3) is 2.00. The molecule has 6 heteroatoms. The molecule has 0 amide bonds. The Bertz CT molecular complexity index is 621. The first-order valence-electron chi connectivity index (χ1n) is 5.37. The monoisotopic (exact) mass is 260 g/mol. The number of imidazole rings is 1. The van der Waals surface area contributed by atoms with Crippen LogP contribution in [0.25, 0.3) is 11.6 Å². The van der Waals surface area contributed by atoms with Crippen molar-refractivity contribution in [2.45, 2.75) is 5.38 Å². The van der Waals surface area contributed by atoms with Gasteiger partial charge >= 0.3 is 0 Å². The number of rotatable bonds is 3. The van der Waals surface area contributed by atoms with E-state index < -0.39 is 5.38 Å². The summed E-state index contributed by atoms with van der Waals surface area (Å²) in [5.74, 6) is 1.31. The van der Waals surface area contributed by atoms with Gasteiger partial charge in [0, 0.05) is 12.4 Å². The quantitative estimate of drug-likeness (QED) is 0.735. The number of aromatic nitrogens is 4. The third-order valence-corrected chi connectivity index (χ3v) is 2.90. The molecule has 1 unspecified atom stereocenters. The number of halogens is 1. The first-order valence-corrected chi connectivity index (χ1v) is 5.80. The van der Waals surface area contributed by atoms with E-state index in [1.54, 1.807) is 12.4 Å². The number of H-pyrrole nitrogens is 1. The van der Waals surface area contributed by atoms with E-state index >= 15 is 0 Å². The lowest BCUT2D eigenvalue weighted by Gasteiger charge is -2.02. The lowest BCUT2D eigenvalue weighted by molar-refractivity contribution is 0.382. The van der Waals surface area contributed by atoms with Gasteiger partial charge in [0.15, 0.2) is 5.82 Å². The average Bonchev–Trinajstić information content (AvgIpc) is 3.09. The second-order valence-electron chi connectivity index (χ2n) is 3.67. The van der Waals surface area contributed by atoms with Crippen molar-refractivity contribution in [3.8, 4) is 11.6 Å². The Morgan fingerprint density at radius 2 is 2.06 bits per heavy atom. The molecule has 1 N–H and O–H groups in total.